The lowest BCUT2D eigenvalue weighted by Crippen LogP contribution is -2.04. The Morgan fingerprint density at radius 1 is 0.511 bits per heavy atom. The molecular formula is C42H24N4O. The number of aromatic nitrogens is 4. The summed E-state index contributed by atoms with van der Waals surface area (Å²) >= 11 is 0. The van der Waals surface area contributed by atoms with E-state index >= 15 is 0 Å². The van der Waals surface area contributed by atoms with Crippen molar-refractivity contribution in [1.82, 2.24) is 19.5 Å². The summed E-state index contributed by atoms with van der Waals surface area (Å²) in [6.07, 6.45) is 0. The largest absolute Gasteiger partial charge is 0.454 e. The van der Waals surface area contributed by atoms with Gasteiger partial charge in [0.05, 0.1) is 22.2 Å². The van der Waals surface area contributed by atoms with Crippen LogP contribution < -0.4 is 0 Å². The molecule has 0 atom stereocenters. The van der Waals surface area contributed by atoms with Gasteiger partial charge in [-0.3, -0.25) is 4.57 Å². The highest BCUT2D eigenvalue weighted by atomic mass is 16.3. The molecule has 4 heterocycles. The molecule has 0 aliphatic heterocycles. The van der Waals surface area contributed by atoms with Crippen LogP contribution >= 0.6 is 0 Å². The Bertz CT molecular complexity index is 3070. The van der Waals surface area contributed by atoms with E-state index in [1.165, 1.54) is 26.9 Å². The topological polar surface area (TPSA) is 59.6 Å². The van der Waals surface area contributed by atoms with Crippen LogP contribution in [0, 0.1) is 0 Å². The van der Waals surface area contributed by atoms with Crippen molar-refractivity contribution in [2.45, 2.75) is 0 Å². The second kappa shape index (κ2) is 9.05. The molecule has 7 aromatic carbocycles. The van der Waals surface area contributed by atoms with Crippen LogP contribution in [0.4, 0.5) is 0 Å². The van der Waals surface area contributed by atoms with Crippen molar-refractivity contribution in [3.05, 3.63) is 140 Å². The van der Waals surface area contributed by atoms with Gasteiger partial charge in [-0.2, -0.15) is 0 Å². The Hall–Kier alpha value is -6.46. The van der Waals surface area contributed by atoms with Crippen LogP contribution in [-0.2, 0) is 0 Å². The molecule has 0 aliphatic carbocycles. The van der Waals surface area contributed by atoms with E-state index in [4.69, 9.17) is 14.4 Å². The molecule has 11 rings (SSSR count). The first-order valence-corrected chi connectivity index (χ1v) is 15.9. The Kier molecular flexibility index (Phi) is 4.78. The van der Waals surface area contributed by atoms with Crippen LogP contribution in [0.15, 0.2) is 144 Å². The molecule has 11 aromatic rings. The zero-order valence-electron chi connectivity index (χ0n) is 25.0. The van der Waals surface area contributed by atoms with E-state index in [2.05, 4.69) is 131 Å². The van der Waals surface area contributed by atoms with Crippen molar-refractivity contribution < 1.29 is 4.42 Å². The summed E-state index contributed by atoms with van der Waals surface area (Å²) < 4.78 is 8.82. The Labute approximate surface area is 267 Å². The minimum atomic E-state index is 0.603. The van der Waals surface area contributed by atoms with Crippen LogP contribution in [-0.4, -0.2) is 19.5 Å². The van der Waals surface area contributed by atoms with E-state index in [0.29, 0.717) is 5.95 Å². The van der Waals surface area contributed by atoms with E-state index in [-0.39, 0.29) is 0 Å². The first kappa shape index (κ1) is 24.8. The highest BCUT2D eigenvalue weighted by Crippen LogP contribution is 2.45. The smallest absolute Gasteiger partial charge is 0.236 e. The number of benzene rings is 7. The fourth-order valence-electron chi connectivity index (χ4n) is 7.75. The van der Waals surface area contributed by atoms with Gasteiger partial charge in [0.1, 0.15) is 11.1 Å². The van der Waals surface area contributed by atoms with E-state index < -0.39 is 0 Å². The maximum absolute atomic E-state index is 6.57. The summed E-state index contributed by atoms with van der Waals surface area (Å²) in [7, 11) is 0. The lowest BCUT2D eigenvalue weighted by atomic mass is 9.99. The minimum Gasteiger partial charge on any atom is -0.454 e. The lowest BCUT2D eigenvalue weighted by molar-refractivity contribution is 0.671. The molecule has 0 saturated carbocycles. The van der Waals surface area contributed by atoms with Crippen molar-refractivity contribution in [1.29, 1.82) is 0 Å². The third-order valence-corrected chi connectivity index (χ3v) is 9.73. The second-order valence-electron chi connectivity index (χ2n) is 12.2. The summed E-state index contributed by atoms with van der Waals surface area (Å²) in [6, 6.07) is 48.8. The van der Waals surface area contributed by atoms with Crippen LogP contribution in [0.5, 0.6) is 0 Å². The first-order valence-electron chi connectivity index (χ1n) is 15.9. The number of aromatic amines is 1. The van der Waals surface area contributed by atoms with E-state index in [0.717, 1.165) is 71.6 Å². The third-order valence-electron chi connectivity index (χ3n) is 9.73. The fraction of sp³-hybridized carbons (Fsp3) is 0. The molecule has 0 saturated heterocycles. The summed E-state index contributed by atoms with van der Waals surface area (Å²) in [4.78, 5) is 14.6. The fourth-order valence-corrected chi connectivity index (χ4v) is 7.75. The lowest BCUT2D eigenvalue weighted by Gasteiger charge is -2.13. The van der Waals surface area contributed by atoms with E-state index in [1.807, 2.05) is 18.2 Å². The normalized spacial score (nSPS) is 12.3. The number of fused-ring (bicyclic) bond motifs is 15. The predicted octanol–water partition coefficient (Wildman–Crippen LogP) is 11.1. The molecule has 0 spiro atoms. The summed E-state index contributed by atoms with van der Waals surface area (Å²) in [6.45, 7) is 0. The number of hydrogen-bond acceptors (Lipinski definition) is 3. The number of para-hydroxylation sites is 3. The molecule has 0 amide bonds. The molecule has 0 radical (unpaired) electrons. The number of nitrogens with zero attached hydrogens (tertiary/aromatic N) is 3. The van der Waals surface area contributed by atoms with Crippen molar-refractivity contribution in [3.8, 4) is 17.2 Å². The molecule has 0 fully saturated rings. The molecule has 5 nitrogen and oxygen atoms in total. The maximum atomic E-state index is 6.57. The zero-order valence-corrected chi connectivity index (χ0v) is 25.0. The molecule has 4 aromatic heterocycles. The van der Waals surface area contributed by atoms with Crippen LogP contribution in [0.25, 0.3) is 104 Å². The maximum Gasteiger partial charge on any atom is 0.236 e. The highest BCUT2D eigenvalue weighted by molar-refractivity contribution is 6.35. The molecule has 47 heavy (non-hydrogen) atoms. The van der Waals surface area contributed by atoms with Gasteiger partial charge < -0.3 is 9.40 Å². The van der Waals surface area contributed by atoms with Gasteiger partial charge in [-0.05, 0) is 41.1 Å². The van der Waals surface area contributed by atoms with Crippen molar-refractivity contribution in [3.63, 3.8) is 0 Å². The van der Waals surface area contributed by atoms with Gasteiger partial charge in [-0.1, -0.05) is 109 Å². The summed E-state index contributed by atoms with van der Waals surface area (Å²) in [5, 5.41) is 10.3. The quantitative estimate of drug-likeness (QED) is 0.215. The molecule has 0 aliphatic rings. The van der Waals surface area contributed by atoms with Gasteiger partial charge in [-0.25, -0.2) is 9.97 Å². The number of nitrogens with one attached hydrogen (secondary N) is 1. The summed E-state index contributed by atoms with van der Waals surface area (Å²) in [5.74, 6) is 0.603. The van der Waals surface area contributed by atoms with Gasteiger partial charge in [0.2, 0.25) is 5.95 Å². The Balaban J connectivity index is 1.39. The average molecular weight is 601 g/mol. The van der Waals surface area contributed by atoms with E-state index in [1.54, 1.807) is 0 Å². The second-order valence-corrected chi connectivity index (χ2v) is 12.2. The van der Waals surface area contributed by atoms with Gasteiger partial charge in [-0.15, -0.1) is 0 Å². The van der Waals surface area contributed by atoms with Crippen molar-refractivity contribution in [2.75, 3.05) is 0 Å². The molecular weight excluding hydrogens is 576 g/mol. The van der Waals surface area contributed by atoms with Gasteiger partial charge >= 0.3 is 0 Å². The first-order chi connectivity index (χ1) is 23.3. The predicted molar refractivity (Wildman–Crippen MR) is 193 cm³/mol. The molecule has 5 heteroatoms. The van der Waals surface area contributed by atoms with Gasteiger partial charge in [0.25, 0.3) is 0 Å². The zero-order chi connectivity index (χ0) is 30.6. The SMILES string of the molecule is c1ccc(-c2nc(-n3c4ccccc4c4c5ccccc5c5c6ccccc6[nH]c5c43)nc3c2ccc2c4ccccc4oc23)cc1. The Morgan fingerprint density at radius 3 is 2.02 bits per heavy atom. The Morgan fingerprint density at radius 2 is 1.17 bits per heavy atom. The standard InChI is InChI=1S/C42H24N4O/c1-2-12-24(13-3-1)37-31-23-22-28-25-14-8-11-21-34(25)47-41(28)38(31)45-42(44-37)46-33-20-10-7-18-30(33)36-27-16-5-4-15-26(27)35-29-17-6-9-19-32(29)43-39(35)40(36)46/h1-23,43H. The monoisotopic (exact) mass is 600 g/mol. The number of furan rings is 1. The number of hydrogen-bond donors (Lipinski definition) is 1. The molecule has 1 N–H and O–H groups in total. The van der Waals surface area contributed by atoms with E-state index in [9.17, 15) is 0 Å². The highest BCUT2D eigenvalue weighted by Gasteiger charge is 2.24. The number of H-pyrrole nitrogens is 1. The van der Waals surface area contributed by atoms with Gasteiger partial charge in [0, 0.05) is 48.8 Å². The summed E-state index contributed by atoms with van der Waals surface area (Å²) in [5.41, 5.74) is 8.59. The average Bonchev–Trinajstić information content (AvgIpc) is 3.82. The van der Waals surface area contributed by atoms with Gasteiger partial charge in [0.15, 0.2) is 5.58 Å². The molecule has 0 unspecified atom stereocenters. The third kappa shape index (κ3) is 3.27. The van der Waals surface area contributed by atoms with Crippen LogP contribution in [0.1, 0.15) is 0 Å². The van der Waals surface area contributed by atoms with Crippen molar-refractivity contribution in [2.24, 2.45) is 0 Å². The minimum absolute atomic E-state index is 0.603. The van der Waals surface area contributed by atoms with Crippen molar-refractivity contribution >= 4 is 87.2 Å². The van der Waals surface area contributed by atoms with Crippen LogP contribution in [0.3, 0.4) is 0 Å². The van der Waals surface area contributed by atoms with Crippen LogP contribution in [0.2, 0.25) is 0 Å². The molecule has 218 valence electrons. The molecule has 0 bridgehead atoms. The number of rotatable bonds is 2.